The van der Waals surface area contributed by atoms with Crippen LogP contribution in [-0.4, -0.2) is 12.2 Å². The number of alkyl halides is 1. The molecule has 0 aromatic rings. The van der Waals surface area contributed by atoms with E-state index < -0.39 is 6.17 Å². The summed E-state index contributed by atoms with van der Waals surface area (Å²) in [6.45, 7) is 0. The Morgan fingerprint density at radius 1 is 1.22 bits per heavy atom. The molecule has 0 amide bonds. The van der Waals surface area contributed by atoms with Crippen molar-refractivity contribution in [3.63, 3.8) is 0 Å². The Morgan fingerprint density at radius 2 is 1.78 bits per heavy atom. The van der Waals surface area contributed by atoms with Crippen LogP contribution in [0.15, 0.2) is 0 Å². The van der Waals surface area contributed by atoms with Crippen molar-refractivity contribution >= 4 is 12.4 Å². The van der Waals surface area contributed by atoms with Gasteiger partial charge in [-0.3, -0.25) is 0 Å². The molecule has 0 aromatic carbocycles. The SMILES string of the molecule is Cl.N[C@H]1CCCC[C@@H]1F. The Labute approximate surface area is 61.2 Å². The molecular weight excluding hydrogens is 141 g/mol. The molecule has 9 heavy (non-hydrogen) atoms. The summed E-state index contributed by atoms with van der Waals surface area (Å²) in [4.78, 5) is 0. The average molecular weight is 154 g/mol. The van der Waals surface area contributed by atoms with E-state index in [1.165, 1.54) is 0 Å². The molecule has 0 radical (unpaired) electrons. The van der Waals surface area contributed by atoms with Crippen molar-refractivity contribution in [1.82, 2.24) is 0 Å². The lowest BCUT2D eigenvalue weighted by Gasteiger charge is -2.21. The summed E-state index contributed by atoms with van der Waals surface area (Å²) < 4.78 is 12.5. The largest absolute Gasteiger partial charge is 0.325 e. The second kappa shape index (κ2) is 4.07. The van der Waals surface area contributed by atoms with Gasteiger partial charge >= 0.3 is 0 Å². The van der Waals surface area contributed by atoms with Gasteiger partial charge in [-0.05, 0) is 12.8 Å². The molecule has 0 heterocycles. The smallest absolute Gasteiger partial charge is 0.115 e. The molecule has 1 rings (SSSR count). The summed E-state index contributed by atoms with van der Waals surface area (Å²) in [6, 6.07) is -0.163. The lowest BCUT2D eigenvalue weighted by Crippen LogP contribution is -2.34. The first kappa shape index (κ1) is 9.18. The standard InChI is InChI=1S/C6H12FN.ClH/c7-5-3-1-2-4-6(5)8;/h5-6H,1-4,8H2;1H/t5-,6-;/m0./s1. The highest BCUT2D eigenvalue weighted by molar-refractivity contribution is 5.85. The van der Waals surface area contributed by atoms with Crippen LogP contribution in [0.1, 0.15) is 25.7 Å². The summed E-state index contributed by atoms with van der Waals surface area (Å²) in [7, 11) is 0. The van der Waals surface area contributed by atoms with Gasteiger partial charge in [0.05, 0.1) is 0 Å². The van der Waals surface area contributed by atoms with Crippen LogP contribution in [0.4, 0.5) is 4.39 Å². The lowest BCUT2D eigenvalue weighted by molar-refractivity contribution is 0.218. The zero-order valence-electron chi connectivity index (χ0n) is 5.35. The maximum atomic E-state index is 12.5. The molecule has 2 atom stereocenters. The predicted octanol–water partition coefficient (Wildman–Crippen LogP) is 1.65. The van der Waals surface area contributed by atoms with Crippen LogP contribution in [0, 0.1) is 0 Å². The minimum atomic E-state index is -0.719. The predicted molar refractivity (Wildman–Crippen MR) is 38.6 cm³/mol. The van der Waals surface area contributed by atoms with Crippen molar-refractivity contribution < 1.29 is 4.39 Å². The van der Waals surface area contributed by atoms with Crippen LogP contribution in [0.25, 0.3) is 0 Å². The van der Waals surface area contributed by atoms with Gasteiger partial charge in [-0.2, -0.15) is 0 Å². The number of halogens is 2. The van der Waals surface area contributed by atoms with Crippen LogP contribution in [0.5, 0.6) is 0 Å². The van der Waals surface area contributed by atoms with E-state index >= 15 is 0 Å². The third kappa shape index (κ3) is 2.50. The second-order valence-electron chi connectivity index (χ2n) is 2.46. The molecule has 1 nitrogen and oxygen atoms in total. The summed E-state index contributed by atoms with van der Waals surface area (Å²) in [5.74, 6) is 0. The number of hydrogen-bond acceptors (Lipinski definition) is 1. The Bertz CT molecular complexity index is 69.5. The molecule has 56 valence electrons. The maximum absolute atomic E-state index is 12.5. The quantitative estimate of drug-likeness (QED) is 0.563. The first-order chi connectivity index (χ1) is 3.80. The molecule has 0 aliphatic heterocycles. The van der Waals surface area contributed by atoms with E-state index in [-0.39, 0.29) is 18.4 Å². The van der Waals surface area contributed by atoms with Crippen molar-refractivity contribution in [3.05, 3.63) is 0 Å². The van der Waals surface area contributed by atoms with Crippen LogP contribution < -0.4 is 5.73 Å². The van der Waals surface area contributed by atoms with E-state index in [2.05, 4.69) is 0 Å². The third-order valence-electron chi connectivity index (χ3n) is 1.73. The number of nitrogens with two attached hydrogens (primary N) is 1. The highest BCUT2D eigenvalue weighted by Crippen LogP contribution is 2.18. The average Bonchev–Trinajstić information content (AvgIpc) is 1.77. The van der Waals surface area contributed by atoms with Gasteiger partial charge in [0.2, 0.25) is 0 Å². The van der Waals surface area contributed by atoms with Gasteiger partial charge in [0.25, 0.3) is 0 Å². The molecule has 0 spiro atoms. The number of hydrogen-bond donors (Lipinski definition) is 1. The lowest BCUT2D eigenvalue weighted by atomic mass is 9.95. The van der Waals surface area contributed by atoms with Gasteiger partial charge in [-0.1, -0.05) is 12.8 Å². The fraction of sp³-hybridized carbons (Fsp3) is 1.00. The first-order valence-corrected chi connectivity index (χ1v) is 3.20. The molecule has 2 N–H and O–H groups in total. The van der Waals surface area contributed by atoms with Gasteiger partial charge in [0, 0.05) is 6.04 Å². The van der Waals surface area contributed by atoms with Gasteiger partial charge in [0.15, 0.2) is 0 Å². The van der Waals surface area contributed by atoms with E-state index in [0.29, 0.717) is 6.42 Å². The van der Waals surface area contributed by atoms with Gasteiger partial charge in [-0.25, -0.2) is 4.39 Å². The molecule has 3 heteroatoms. The normalized spacial score (nSPS) is 35.3. The van der Waals surface area contributed by atoms with Gasteiger partial charge in [-0.15, -0.1) is 12.4 Å². The van der Waals surface area contributed by atoms with Crippen LogP contribution in [0.3, 0.4) is 0 Å². The molecule has 0 saturated heterocycles. The summed E-state index contributed by atoms with van der Waals surface area (Å²) >= 11 is 0. The molecular formula is C6H13ClFN. The van der Waals surface area contributed by atoms with E-state index in [1.807, 2.05) is 0 Å². The Kier molecular flexibility index (Phi) is 4.15. The fourth-order valence-electron chi connectivity index (χ4n) is 1.11. The zero-order valence-corrected chi connectivity index (χ0v) is 6.16. The van der Waals surface area contributed by atoms with E-state index in [9.17, 15) is 4.39 Å². The highest BCUT2D eigenvalue weighted by atomic mass is 35.5. The van der Waals surface area contributed by atoms with Crippen molar-refractivity contribution in [1.29, 1.82) is 0 Å². The molecule has 0 bridgehead atoms. The zero-order chi connectivity index (χ0) is 5.98. The second-order valence-corrected chi connectivity index (χ2v) is 2.46. The molecule has 1 aliphatic rings. The maximum Gasteiger partial charge on any atom is 0.115 e. The highest BCUT2D eigenvalue weighted by Gasteiger charge is 2.19. The van der Waals surface area contributed by atoms with Gasteiger partial charge < -0.3 is 5.73 Å². The van der Waals surface area contributed by atoms with E-state index in [4.69, 9.17) is 5.73 Å². The molecule has 1 aliphatic carbocycles. The molecule has 1 saturated carbocycles. The van der Waals surface area contributed by atoms with Crippen LogP contribution in [-0.2, 0) is 0 Å². The fourth-order valence-corrected chi connectivity index (χ4v) is 1.11. The summed E-state index contributed by atoms with van der Waals surface area (Å²) in [5.41, 5.74) is 5.40. The Balaban J connectivity index is 0.000000640. The Morgan fingerprint density at radius 3 is 2.11 bits per heavy atom. The van der Waals surface area contributed by atoms with Crippen LogP contribution >= 0.6 is 12.4 Å². The van der Waals surface area contributed by atoms with Crippen molar-refractivity contribution in [2.45, 2.75) is 37.9 Å². The number of rotatable bonds is 0. The van der Waals surface area contributed by atoms with Gasteiger partial charge in [0.1, 0.15) is 6.17 Å². The van der Waals surface area contributed by atoms with Crippen LogP contribution in [0.2, 0.25) is 0 Å². The van der Waals surface area contributed by atoms with E-state index in [1.54, 1.807) is 0 Å². The topological polar surface area (TPSA) is 26.0 Å². The van der Waals surface area contributed by atoms with Crippen molar-refractivity contribution in [2.24, 2.45) is 5.73 Å². The minimum Gasteiger partial charge on any atom is -0.325 e. The monoisotopic (exact) mass is 153 g/mol. The molecule has 0 aromatic heterocycles. The minimum absolute atomic E-state index is 0. The molecule has 0 unspecified atom stereocenters. The third-order valence-corrected chi connectivity index (χ3v) is 1.73. The summed E-state index contributed by atoms with van der Waals surface area (Å²) in [6.07, 6.45) is 2.97. The van der Waals surface area contributed by atoms with Crippen molar-refractivity contribution in [3.8, 4) is 0 Å². The summed E-state index contributed by atoms with van der Waals surface area (Å²) in [5, 5.41) is 0. The van der Waals surface area contributed by atoms with Crippen molar-refractivity contribution in [2.75, 3.05) is 0 Å². The Hall–Kier alpha value is 0.180. The van der Waals surface area contributed by atoms with E-state index in [0.717, 1.165) is 19.3 Å². The first-order valence-electron chi connectivity index (χ1n) is 3.20. The molecule has 1 fully saturated rings.